The van der Waals surface area contributed by atoms with Gasteiger partial charge in [0.05, 0.1) is 6.61 Å². The molecule has 0 radical (unpaired) electrons. The van der Waals surface area contributed by atoms with Gasteiger partial charge in [-0.15, -0.1) is 0 Å². The lowest BCUT2D eigenvalue weighted by Crippen LogP contribution is -2.38. The predicted octanol–water partition coefficient (Wildman–Crippen LogP) is 4.68. The molecule has 4 nitrogen and oxygen atoms in total. The van der Waals surface area contributed by atoms with E-state index in [0.717, 1.165) is 31.2 Å². The number of carbonyl (C=O) groups is 2. The molecule has 1 unspecified atom stereocenters. The molecule has 0 saturated heterocycles. The average Bonchev–Trinajstić information content (AvgIpc) is 2.66. The van der Waals surface area contributed by atoms with Gasteiger partial charge in [0.1, 0.15) is 11.5 Å². The molecule has 0 N–H and O–H groups in total. The van der Waals surface area contributed by atoms with Crippen LogP contribution in [0.3, 0.4) is 0 Å². The monoisotopic (exact) mass is 368 g/mol. The Kier molecular flexibility index (Phi) is 8.05. The molecule has 0 aliphatic carbocycles. The zero-order chi connectivity index (χ0) is 19.5. The molecule has 2 aromatic carbocycles. The molecule has 4 heteroatoms. The van der Waals surface area contributed by atoms with Crippen LogP contribution in [0.2, 0.25) is 0 Å². The Hall–Kier alpha value is -2.62. The minimum atomic E-state index is -0.979. The highest BCUT2D eigenvalue weighted by Gasteiger charge is 2.39. The Bertz CT molecular complexity index is 695. The fourth-order valence-electron chi connectivity index (χ4n) is 3.17. The van der Waals surface area contributed by atoms with Crippen LogP contribution in [0.1, 0.15) is 50.2 Å². The van der Waals surface area contributed by atoms with Crippen molar-refractivity contribution in [2.75, 3.05) is 6.61 Å². The van der Waals surface area contributed by atoms with Crippen LogP contribution in [0.15, 0.2) is 60.7 Å². The number of unbranched alkanes of at least 4 members (excludes halogenated alkanes) is 2. The van der Waals surface area contributed by atoms with Gasteiger partial charge in [0.25, 0.3) is 6.47 Å². The number of ether oxygens (including phenoxy) is 2. The molecule has 27 heavy (non-hydrogen) atoms. The number of benzene rings is 2. The van der Waals surface area contributed by atoms with Crippen molar-refractivity contribution in [1.82, 2.24) is 0 Å². The normalized spacial score (nSPS) is 12.2. The summed E-state index contributed by atoms with van der Waals surface area (Å²) in [5, 5.41) is 0. The topological polar surface area (TPSA) is 52.6 Å². The van der Waals surface area contributed by atoms with E-state index in [0.29, 0.717) is 13.1 Å². The Morgan fingerprint density at radius 2 is 1.59 bits per heavy atom. The highest BCUT2D eigenvalue weighted by molar-refractivity contribution is 5.80. The van der Waals surface area contributed by atoms with Gasteiger partial charge in [0, 0.05) is 0 Å². The predicted molar refractivity (Wildman–Crippen MR) is 105 cm³/mol. The first kappa shape index (κ1) is 20.7. The highest BCUT2D eigenvalue weighted by Crippen LogP contribution is 2.32. The molecule has 0 fully saturated rings. The summed E-state index contributed by atoms with van der Waals surface area (Å²) in [4.78, 5) is 23.6. The molecular weight excluding hydrogens is 340 g/mol. The van der Waals surface area contributed by atoms with Gasteiger partial charge < -0.3 is 9.47 Å². The third-order valence-electron chi connectivity index (χ3n) is 4.61. The molecule has 0 spiro atoms. The third kappa shape index (κ3) is 6.55. The van der Waals surface area contributed by atoms with Crippen LogP contribution in [0.5, 0.6) is 0 Å². The largest absolute Gasteiger partial charge is 0.465 e. The third-order valence-corrected chi connectivity index (χ3v) is 4.61. The maximum Gasteiger partial charge on any atom is 0.317 e. The molecule has 144 valence electrons. The molecule has 2 rings (SSSR count). The highest BCUT2D eigenvalue weighted by atomic mass is 16.6. The quantitative estimate of drug-likeness (QED) is 0.328. The maximum absolute atomic E-state index is 12.7. The average molecular weight is 368 g/mol. The summed E-state index contributed by atoms with van der Waals surface area (Å²) in [7, 11) is 0. The lowest BCUT2D eigenvalue weighted by atomic mass is 9.84. The van der Waals surface area contributed by atoms with Crippen LogP contribution in [-0.4, -0.2) is 24.6 Å². The summed E-state index contributed by atoms with van der Waals surface area (Å²) >= 11 is 0. The van der Waals surface area contributed by atoms with Crippen molar-refractivity contribution < 1.29 is 19.1 Å². The SMILES string of the molecule is CC(C)(OC=O)C(C(=O)OCCCCCc1ccccc1)c1ccccc1. The standard InChI is InChI=1S/C23H28O4/c1-23(2,27-18-24)21(20-15-9-4-10-16-20)22(25)26-17-11-5-8-14-19-12-6-3-7-13-19/h3-4,6-7,9-10,12-13,15-16,18,21H,5,8,11,14,17H2,1-2H3. The van der Waals surface area contributed by atoms with Gasteiger partial charge in [-0.05, 0) is 50.7 Å². The van der Waals surface area contributed by atoms with E-state index in [9.17, 15) is 9.59 Å². The fraction of sp³-hybridized carbons (Fsp3) is 0.391. The Morgan fingerprint density at radius 3 is 2.22 bits per heavy atom. The first-order chi connectivity index (χ1) is 13.0. The molecule has 1 atom stereocenters. The van der Waals surface area contributed by atoms with Crippen molar-refractivity contribution in [3.63, 3.8) is 0 Å². The summed E-state index contributed by atoms with van der Waals surface area (Å²) in [6.07, 6.45) is 3.90. The Labute approximate surface area is 161 Å². The second-order valence-corrected chi connectivity index (χ2v) is 7.12. The summed E-state index contributed by atoms with van der Waals surface area (Å²) < 4.78 is 10.7. The van der Waals surface area contributed by atoms with Gasteiger partial charge in [-0.2, -0.15) is 0 Å². The van der Waals surface area contributed by atoms with E-state index in [-0.39, 0.29) is 5.97 Å². The molecule has 0 aliphatic rings. The van der Waals surface area contributed by atoms with Gasteiger partial charge in [0.15, 0.2) is 0 Å². The minimum absolute atomic E-state index is 0.365. The minimum Gasteiger partial charge on any atom is -0.465 e. The molecule has 0 heterocycles. The van der Waals surface area contributed by atoms with Crippen molar-refractivity contribution in [3.05, 3.63) is 71.8 Å². The number of aryl methyl sites for hydroxylation is 1. The zero-order valence-electron chi connectivity index (χ0n) is 16.1. The summed E-state index contributed by atoms with van der Waals surface area (Å²) in [6.45, 7) is 4.20. The number of carbonyl (C=O) groups excluding carboxylic acids is 2. The fourth-order valence-corrected chi connectivity index (χ4v) is 3.17. The summed E-state index contributed by atoms with van der Waals surface area (Å²) in [5.41, 5.74) is 1.12. The van der Waals surface area contributed by atoms with Crippen molar-refractivity contribution in [2.45, 2.75) is 51.0 Å². The van der Waals surface area contributed by atoms with E-state index in [4.69, 9.17) is 9.47 Å². The van der Waals surface area contributed by atoms with Crippen LogP contribution >= 0.6 is 0 Å². The van der Waals surface area contributed by atoms with Gasteiger partial charge in [-0.1, -0.05) is 60.7 Å². The molecule has 0 aromatic heterocycles. The van der Waals surface area contributed by atoms with E-state index in [1.54, 1.807) is 13.8 Å². The van der Waals surface area contributed by atoms with Gasteiger partial charge in [-0.25, -0.2) is 0 Å². The Balaban J connectivity index is 1.84. The van der Waals surface area contributed by atoms with Crippen LogP contribution in [0, 0.1) is 0 Å². The molecule has 0 bridgehead atoms. The van der Waals surface area contributed by atoms with Gasteiger partial charge >= 0.3 is 5.97 Å². The van der Waals surface area contributed by atoms with E-state index < -0.39 is 11.5 Å². The van der Waals surface area contributed by atoms with Crippen molar-refractivity contribution in [3.8, 4) is 0 Å². The molecular formula is C23H28O4. The number of hydrogen-bond donors (Lipinski definition) is 0. The van der Waals surface area contributed by atoms with E-state index >= 15 is 0 Å². The van der Waals surface area contributed by atoms with E-state index in [1.807, 2.05) is 48.5 Å². The first-order valence-corrected chi connectivity index (χ1v) is 9.41. The van der Waals surface area contributed by atoms with Gasteiger partial charge in [0.2, 0.25) is 0 Å². The number of esters is 1. The van der Waals surface area contributed by atoms with Crippen molar-refractivity contribution in [2.24, 2.45) is 0 Å². The lowest BCUT2D eigenvalue weighted by molar-refractivity contribution is -0.158. The van der Waals surface area contributed by atoms with Crippen LogP contribution in [0.4, 0.5) is 0 Å². The summed E-state index contributed by atoms with van der Waals surface area (Å²) in [6, 6.07) is 19.6. The van der Waals surface area contributed by atoms with Crippen molar-refractivity contribution >= 4 is 12.4 Å². The molecule has 0 amide bonds. The van der Waals surface area contributed by atoms with E-state index in [2.05, 4.69) is 12.1 Å². The molecule has 0 saturated carbocycles. The second kappa shape index (κ2) is 10.5. The Morgan fingerprint density at radius 1 is 0.963 bits per heavy atom. The lowest BCUT2D eigenvalue weighted by Gasteiger charge is -2.31. The van der Waals surface area contributed by atoms with E-state index in [1.165, 1.54) is 5.56 Å². The summed E-state index contributed by atoms with van der Waals surface area (Å²) in [5.74, 6) is -1.02. The van der Waals surface area contributed by atoms with Crippen LogP contribution < -0.4 is 0 Å². The van der Waals surface area contributed by atoms with Crippen molar-refractivity contribution in [1.29, 1.82) is 0 Å². The van der Waals surface area contributed by atoms with Gasteiger partial charge in [-0.3, -0.25) is 9.59 Å². The first-order valence-electron chi connectivity index (χ1n) is 9.41. The molecule has 2 aromatic rings. The number of rotatable bonds is 11. The zero-order valence-corrected chi connectivity index (χ0v) is 16.1. The maximum atomic E-state index is 12.7. The van der Waals surface area contributed by atoms with Crippen LogP contribution in [-0.2, 0) is 25.5 Å². The van der Waals surface area contributed by atoms with Crippen LogP contribution in [0.25, 0.3) is 0 Å². The molecule has 0 aliphatic heterocycles. The number of hydrogen-bond acceptors (Lipinski definition) is 4. The smallest absolute Gasteiger partial charge is 0.317 e. The second-order valence-electron chi connectivity index (χ2n) is 7.12.